The van der Waals surface area contributed by atoms with E-state index in [2.05, 4.69) is 10.0 Å². The van der Waals surface area contributed by atoms with Crippen LogP contribution in [0.15, 0.2) is 94.7 Å². The maximum Gasteiger partial charge on any atom is 0.242 e. The topological polar surface area (TPSA) is 113 Å². The molecule has 8 nitrogen and oxygen atoms in total. The lowest BCUT2D eigenvalue weighted by Gasteiger charge is -2.19. The average molecular weight is 502 g/mol. The minimum Gasteiger partial charge on any atom is -0.351 e. The highest BCUT2D eigenvalue weighted by atomic mass is 32.2. The molecule has 0 fully saturated rings. The lowest BCUT2D eigenvalue weighted by atomic mass is 10.1. The summed E-state index contributed by atoms with van der Waals surface area (Å²) < 4.78 is 53.8. The number of hydrogen-bond donors (Lipinski definition) is 2. The van der Waals surface area contributed by atoms with Crippen molar-refractivity contribution in [2.75, 3.05) is 14.1 Å². The van der Waals surface area contributed by atoms with Gasteiger partial charge in [0.1, 0.15) is 6.04 Å². The van der Waals surface area contributed by atoms with E-state index in [0.29, 0.717) is 5.56 Å². The van der Waals surface area contributed by atoms with Crippen molar-refractivity contribution in [1.29, 1.82) is 0 Å². The quantitative estimate of drug-likeness (QED) is 0.442. The smallest absolute Gasteiger partial charge is 0.242 e. The molecule has 2 N–H and O–H groups in total. The van der Waals surface area contributed by atoms with Crippen LogP contribution < -0.4 is 10.0 Å². The molecule has 10 heteroatoms. The zero-order valence-corrected chi connectivity index (χ0v) is 20.5. The van der Waals surface area contributed by atoms with Gasteiger partial charge in [-0.15, -0.1) is 0 Å². The van der Waals surface area contributed by atoms with Gasteiger partial charge in [0.2, 0.25) is 26.0 Å². The summed E-state index contributed by atoms with van der Waals surface area (Å²) in [5.41, 5.74) is 1.48. The third-order valence-corrected chi connectivity index (χ3v) is 8.44. The molecule has 0 unspecified atom stereocenters. The first-order valence-corrected chi connectivity index (χ1v) is 13.4. The number of amides is 1. The summed E-state index contributed by atoms with van der Waals surface area (Å²) >= 11 is 0. The largest absolute Gasteiger partial charge is 0.351 e. The van der Waals surface area contributed by atoms with Gasteiger partial charge in [-0.1, -0.05) is 60.7 Å². The van der Waals surface area contributed by atoms with Gasteiger partial charge in [-0.2, -0.15) is 4.72 Å². The highest BCUT2D eigenvalue weighted by molar-refractivity contribution is 7.89. The maximum atomic E-state index is 13.0. The standard InChI is InChI=1S/C24H27N3O5S2/c1-27(2)34(31,32)22-15-13-20(14-16-22)18-25-24(28)23(17-19-9-5-3-6-10-19)26-33(29,30)21-11-7-4-8-12-21/h3-16,23,26H,17-18H2,1-2H3,(H,25,28)/t23-/m1/s1. The van der Waals surface area contributed by atoms with Gasteiger partial charge in [0.25, 0.3) is 0 Å². The van der Waals surface area contributed by atoms with E-state index < -0.39 is 32.0 Å². The summed E-state index contributed by atoms with van der Waals surface area (Å²) in [7, 11) is -4.57. The van der Waals surface area contributed by atoms with Gasteiger partial charge in [0, 0.05) is 20.6 Å². The predicted octanol–water partition coefficient (Wildman–Crippen LogP) is 2.14. The lowest BCUT2D eigenvalue weighted by Crippen LogP contribution is -2.47. The number of nitrogens with one attached hydrogen (secondary N) is 2. The zero-order valence-electron chi connectivity index (χ0n) is 18.9. The number of sulfonamides is 2. The molecule has 180 valence electrons. The maximum absolute atomic E-state index is 13.0. The molecule has 0 saturated heterocycles. The first-order chi connectivity index (χ1) is 16.1. The Labute approximate surface area is 200 Å². The van der Waals surface area contributed by atoms with E-state index >= 15 is 0 Å². The van der Waals surface area contributed by atoms with Gasteiger partial charge in [-0.3, -0.25) is 4.79 Å². The van der Waals surface area contributed by atoms with E-state index in [0.717, 1.165) is 9.87 Å². The lowest BCUT2D eigenvalue weighted by molar-refractivity contribution is -0.122. The first kappa shape index (κ1) is 25.6. The molecule has 1 atom stereocenters. The SMILES string of the molecule is CN(C)S(=O)(=O)c1ccc(CNC(=O)[C@@H](Cc2ccccc2)NS(=O)(=O)c2ccccc2)cc1. The van der Waals surface area contributed by atoms with Crippen LogP contribution in [0, 0.1) is 0 Å². The number of nitrogens with zero attached hydrogens (tertiary/aromatic N) is 1. The molecule has 0 spiro atoms. The predicted molar refractivity (Wildman–Crippen MR) is 130 cm³/mol. The third kappa shape index (κ3) is 6.51. The van der Waals surface area contributed by atoms with E-state index in [1.165, 1.54) is 38.4 Å². The Hall–Kier alpha value is -3.05. The van der Waals surface area contributed by atoms with Crippen molar-refractivity contribution in [3.63, 3.8) is 0 Å². The fourth-order valence-corrected chi connectivity index (χ4v) is 5.31. The highest BCUT2D eigenvalue weighted by Gasteiger charge is 2.26. The molecular formula is C24H27N3O5S2. The molecule has 3 aromatic carbocycles. The Morgan fingerprint density at radius 1 is 0.765 bits per heavy atom. The van der Waals surface area contributed by atoms with Crippen molar-refractivity contribution < 1.29 is 21.6 Å². The van der Waals surface area contributed by atoms with Crippen LogP contribution in [0.5, 0.6) is 0 Å². The van der Waals surface area contributed by atoms with Gasteiger partial charge in [-0.05, 0) is 41.8 Å². The van der Waals surface area contributed by atoms with Gasteiger partial charge in [0.05, 0.1) is 9.79 Å². The Kier molecular flexibility index (Phi) is 8.21. The summed E-state index contributed by atoms with van der Waals surface area (Å²) in [6.07, 6.45) is 0.165. The van der Waals surface area contributed by atoms with Crippen LogP contribution >= 0.6 is 0 Å². The Bertz CT molecular complexity index is 1310. The van der Waals surface area contributed by atoms with Gasteiger partial charge >= 0.3 is 0 Å². The van der Waals surface area contributed by atoms with Crippen molar-refractivity contribution in [2.45, 2.75) is 28.8 Å². The van der Waals surface area contributed by atoms with E-state index in [9.17, 15) is 21.6 Å². The molecule has 0 aliphatic heterocycles. The highest BCUT2D eigenvalue weighted by Crippen LogP contribution is 2.15. The Morgan fingerprint density at radius 3 is 1.88 bits per heavy atom. The molecule has 0 saturated carbocycles. The van der Waals surface area contributed by atoms with Crippen LogP contribution in [0.4, 0.5) is 0 Å². The Balaban J connectivity index is 1.75. The minimum absolute atomic E-state index is 0.0681. The minimum atomic E-state index is -3.92. The van der Waals surface area contributed by atoms with Crippen molar-refractivity contribution in [1.82, 2.24) is 14.3 Å². The van der Waals surface area contributed by atoms with E-state index in [1.54, 1.807) is 30.3 Å². The average Bonchev–Trinajstić information content (AvgIpc) is 2.83. The summed E-state index contributed by atoms with van der Waals surface area (Å²) in [4.78, 5) is 13.2. The van der Waals surface area contributed by atoms with Crippen molar-refractivity contribution in [3.8, 4) is 0 Å². The molecule has 1 amide bonds. The van der Waals surface area contributed by atoms with Crippen LogP contribution in [0.2, 0.25) is 0 Å². The molecule has 3 aromatic rings. The molecule has 0 aliphatic rings. The van der Waals surface area contributed by atoms with Crippen LogP contribution in [0.25, 0.3) is 0 Å². The number of carbonyl (C=O) groups excluding carboxylic acids is 1. The molecule has 3 rings (SSSR count). The van der Waals surface area contributed by atoms with Gasteiger partial charge in [0.15, 0.2) is 0 Å². The number of hydrogen-bond acceptors (Lipinski definition) is 5. The second-order valence-electron chi connectivity index (χ2n) is 7.83. The molecule has 0 aliphatic carbocycles. The molecule has 0 aromatic heterocycles. The van der Waals surface area contributed by atoms with Crippen molar-refractivity contribution in [3.05, 3.63) is 96.1 Å². The number of benzene rings is 3. The Morgan fingerprint density at radius 2 is 1.32 bits per heavy atom. The molecule has 0 bridgehead atoms. The van der Waals surface area contributed by atoms with Gasteiger partial charge in [-0.25, -0.2) is 21.1 Å². The second-order valence-corrected chi connectivity index (χ2v) is 11.7. The van der Waals surface area contributed by atoms with Crippen LogP contribution in [-0.4, -0.2) is 47.2 Å². The van der Waals surface area contributed by atoms with Crippen molar-refractivity contribution >= 4 is 26.0 Å². The summed E-state index contributed by atoms with van der Waals surface area (Å²) in [5, 5.41) is 2.75. The number of rotatable bonds is 10. The van der Waals surface area contributed by atoms with Crippen molar-refractivity contribution in [2.24, 2.45) is 0 Å². The van der Waals surface area contributed by atoms with E-state index in [4.69, 9.17) is 0 Å². The summed E-state index contributed by atoms with van der Waals surface area (Å²) in [6.45, 7) is 0.111. The fraction of sp³-hybridized carbons (Fsp3) is 0.208. The molecule has 0 heterocycles. The summed E-state index contributed by atoms with van der Waals surface area (Å²) in [5.74, 6) is -0.492. The first-order valence-electron chi connectivity index (χ1n) is 10.5. The van der Waals surface area contributed by atoms with Crippen LogP contribution in [-0.2, 0) is 37.8 Å². The normalized spacial score (nSPS) is 12.9. The fourth-order valence-electron chi connectivity index (χ4n) is 3.20. The molecular weight excluding hydrogens is 474 g/mol. The van der Waals surface area contributed by atoms with E-state index in [1.807, 2.05) is 30.3 Å². The molecule has 0 radical (unpaired) electrons. The zero-order chi connectivity index (χ0) is 24.8. The van der Waals surface area contributed by atoms with Crippen LogP contribution in [0.1, 0.15) is 11.1 Å². The second kappa shape index (κ2) is 10.9. The van der Waals surface area contributed by atoms with E-state index in [-0.39, 0.29) is 22.8 Å². The molecule has 34 heavy (non-hydrogen) atoms. The third-order valence-electron chi connectivity index (χ3n) is 5.12. The number of carbonyl (C=O) groups is 1. The van der Waals surface area contributed by atoms with Gasteiger partial charge < -0.3 is 5.32 Å². The monoisotopic (exact) mass is 501 g/mol. The summed E-state index contributed by atoms with van der Waals surface area (Å²) in [6, 6.07) is 22.1. The van der Waals surface area contributed by atoms with Crippen LogP contribution in [0.3, 0.4) is 0 Å².